The van der Waals surface area contributed by atoms with Crippen LogP contribution in [0.5, 0.6) is 0 Å². The molecule has 1 atom stereocenters. The van der Waals surface area contributed by atoms with Crippen LogP contribution in [0.15, 0.2) is 24.3 Å². The maximum Gasteiger partial charge on any atom is 0.227 e. The fourth-order valence-electron chi connectivity index (χ4n) is 2.55. The van der Waals surface area contributed by atoms with Gasteiger partial charge in [-0.25, -0.2) is 0 Å². The molecule has 0 radical (unpaired) electrons. The lowest BCUT2D eigenvalue weighted by molar-refractivity contribution is -0.129. The van der Waals surface area contributed by atoms with Gasteiger partial charge in [-0.15, -0.1) is 12.4 Å². The monoisotopic (exact) mass is 339 g/mol. The van der Waals surface area contributed by atoms with Crippen LogP contribution < -0.4 is 10.6 Å². The first-order valence-electron chi connectivity index (χ1n) is 7.87. The summed E-state index contributed by atoms with van der Waals surface area (Å²) in [6.45, 7) is 8.58. The average Bonchev–Trinajstić information content (AvgIpc) is 2.42. The molecule has 1 aromatic carbocycles. The van der Waals surface area contributed by atoms with Crippen molar-refractivity contribution in [2.24, 2.45) is 11.8 Å². The van der Waals surface area contributed by atoms with E-state index < -0.39 is 0 Å². The summed E-state index contributed by atoms with van der Waals surface area (Å²) >= 11 is 0. The van der Waals surface area contributed by atoms with Crippen LogP contribution in [0.25, 0.3) is 0 Å². The third kappa shape index (κ3) is 5.22. The van der Waals surface area contributed by atoms with Crippen molar-refractivity contribution in [3.63, 3.8) is 0 Å². The van der Waals surface area contributed by atoms with E-state index in [1.807, 2.05) is 38.1 Å². The molecule has 1 fully saturated rings. The van der Waals surface area contributed by atoms with Crippen molar-refractivity contribution < 1.29 is 9.59 Å². The SMILES string of the molecule is CCN(Cc1cccc(NC(=O)C(C)C2CNC2)c1)C(C)=O.Cl. The van der Waals surface area contributed by atoms with Crippen LogP contribution >= 0.6 is 12.4 Å². The first-order chi connectivity index (χ1) is 10.5. The average molecular weight is 340 g/mol. The normalized spacial score (nSPS) is 15.1. The predicted octanol–water partition coefficient (Wildman–Crippen LogP) is 2.27. The number of halogens is 1. The highest BCUT2D eigenvalue weighted by Gasteiger charge is 2.28. The van der Waals surface area contributed by atoms with Gasteiger partial charge in [-0.1, -0.05) is 19.1 Å². The van der Waals surface area contributed by atoms with Crippen molar-refractivity contribution in [1.82, 2.24) is 10.2 Å². The Hall–Kier alpha value is -1.59. The van der Waals surface area contributed by atoms with Crippen LogP contribution in [-0.2, 0) is 16.1 Å². The number of carbonyl (C=O) groups is 2. The van der Waals surface area contributed by atoms with E-state index in [9.17, 15) is 9.59 Å². The Balaban J connectivity index is 0.00000264. The molecule has 1 unspecified atom stereocenters. The maximum absolute atomic E-state index is 12.2. The number of benzene rings is 1. The molecule has 1 heterocycles. The molecule has 1 aromatic rings. The van der Waals surface area contributed by atoms with Crippen LogP contribution in [0.4, 0.5) is 5.69 Å². The molecule has 0 bridgehead atoms. The van der Waals surface area contributed by atoms with Gasteiger partial charge >= 0.3 is 0 Å². The molecule has 0 aliphatic carbocycles. The van der Waals surface area contributed by atoms with Gasteiger partial charge in [0.15, 0.2) is 0 Å². The largest absolute Gasteiger partial charge is 0.339 e. The molecule has 6 heteroatoms. The Morgan fingerprint density at radius 2 is 2.09 bits per heavy atom. The third-order valence-electron chi connectivity index (χ3n) is 4.33. The Morgan fingerprint density at radius 3 is 2.61 bits per heavy atom. The van der Waals surface area contributed by atoms with E-state index in [-0.39, 0.29) is 30.1 Å². The first-order valence-corrected chi connectivity index (χ1v) is 7.87. The van der Waals surface area contributed by atoms with Crippen molar-refractivity contribution in [3.8, 4) is 0 Å². The fraction of sp³-hybridized carbons (Fsp3) is 0.529. The van der Waals surface area contributed by atoms with E-state index in [0.29, 0.717) is 19.0 Å². The van der Waals surface area contributed by atoms with E-state index in [4.69, 9.17) is 0 Å². The summed E-state index contributed by atoms with van der Waals surface area (Å²) in [6.07, 6.45) is 0. The van der Waals surface area contributed by atoms with E-state index in [1.54, 1.807) is 11.8 Å². The molecular formula is C17H26ClN3O2. The van der Waals surface area contributed by atoms with Gasteiger partial charge in [0.1, 0.15) is 0 Å². The second kappa shape index (κ2) is 8.89. The van der Waals surface area contributed by atoms with Crippen molar-refractivity contribution in [1.29, 1.82) is 0 Å². The Bertz CT molecular complexity index is 546. The van der Waals surface area contributed by atoms with Crippen molar-refractivity contribution in [2.75, 3.05) is 25.0 Å². The van der Waals surface area contributed by atoms with Gasteiger partial charge in [0, 0.05) is 31.6 Å². The minimum absolute atomic E-state index is 0. The number of anilines is 1. The molecule has 0 saturated carbocycles. The number of rotatable bonds is 6. The van der Waals surface area contributed by atoms with Crippen LogP contribution in [-0.4, -0.2) is 36.3 Å². The van der Waals surface area contributed by atoms with E-state index >= 15 is 0 Å². The topological polar surface area (TPSA) is 61.4 Å². The number of hydrogen-bond donors (Lipinski definition) is 2. The fourth-order valence-corrected chi connectivity index (χ4v) is 2.55. The summed E-state index contributed by atoms with van der Waals surface area (Å²) in [7, 11) is 0. The van der Waals surface area contributed by atoms with Crippen LogP contribution in [0.3, 0.4) is 0 Å². The summed E-state index contributed by atoms with van der Waals surface area (Å²) in [5.41, 5.74) is 1.81. The third-order valence-corrected chi connectivity index (χ3v) is 4.33. The van der Waals surface area contributed by atoms with Crippen molar-refractivity contribution in [3.05, 3.63) is 29.8 Å². The molecule has 2 amide bonds. The summed E-state index contributed by atoms with van der Waals surface area (Å²) < 4.78 is 0. The molecule has 1 aliphatic rings. The lowest BCUT2D eigenvalue weighted by Gasteiger charge is -2.31. The van der Waals surface area contributed by atoms with Crippen LogP contribution in [0, 0.1) is 11.8 Å². The number of nitrogens with one attached hydrogen (secondary N) is 2. The first kappa shape index (κ1) is 19.5. The highest BCUT2D eigenvalue weighted by atomic mass is 35.5. The van der Waals surface area contributed by atoms with Gasteiger partial charge in [-0.05, 0) is 43.6 Å². The zero-order chi connectivity index (χ0) is 16.1. The van der Waals surface area contributed by atoms with Gasteiger partial charge in [-0.2, -0.15) is 0 Å². The Labute approximate surface area is 144 Å². The van der Waals surface area contributed by atoms with Gasteiger partial charge in [-0.3, -0.25) is 9.59 Å². The van der Waals surface area contributed by atoms with Gasteiger partial charge in [0.25, 0.3) is 0 Å². The van der Waals surface area contributed by atoms with Crippen molar-refractivity contribution in [2.45, 2.75) is 27.3 Å². The van der Waals surface area contributed by atoms with E-state index in [0.717, 1.165) is 24.3 Å². The van der Waals surface area contributed by atoms with E-state index in [2.05, 4.69) is 10.6 Å². The second-order valence-electron chi connectivity index (χ2n) is 5.93. The minimum Gasteiger partial charge on any atom is -0.339 e. The molecule has 0 spiro atoms. The predicted molar refractivity (Wildman–Crippen MR) is 94.6 cm³/mol. The van der Waals surface area contributed by atoms with Crippen molar-refractivity contribution >= 4 is 29.9 Å². The number of nitrogens with zero attached hydrogens (tertiary/aromatic N) is 1. The zero-order valence-corrected chi connectivity index (χ0v) is 14.8. The lowest BCUT2D eigenvalue weighted by atomic mass is 9.88. The summed E-state index contributed by atoms with van der Waals surface area (Å²) in [5.74, 6) is 0.552. The zero-order valence-electron chi connectivity index (χ0n) is 14.0. The Morgan fingerprint density at radius 1 is 1.39 bits per heavy atom. The lowest BCUT2D eigenvalue weighted by Crippen LogP contribution is -2.48. The minimum atomic E-state index is 0. The van der Waals surface area contributed by atoms with Gasteiger partial charge in [0.05, 0.1) is 0 Å². The number of amides is 2. The molecular weight excluding hydrogens is 314 g/mol. The summed E-state index contributed by atoms with van der Waals surface area (Å²) in [4.78, 5) is 25.5. The second-order valence-corrected chi connectivity index (χ2v) is 5.93. The van der Waals surface area contributed by atoms with Gasteiger partial charge < -0.3 is 15.5 Å². The number of hydrogen-bond acceptors (Lipinski definition) is 3. The summed E-state index contributed by atoms with van der Waals surface area (Å²) in [6, 6.07) is 7.71. The number of carbonyl (C=O) groups excluding carboxylic acids is 2. The quantitative estimate of drug-likeness (QED) is 0.835. The molecule has 128 valence electrons. The molecule has 0 aromatic heterocycles. The smallest absolute Gasteiger partial charge is 0.227 e. The molecule has 5 nitrogen and oxygen atoms in total. The summed E-state index contributed by atoms with van der Waals surface area (Å²) in [5, 5.41) is 6.17. The highest BCUT2D eigenvalue weighted by Crippen LogP contribution is 2.19. The highest BCUT2D eigenvalue weighted by molar-refractivity contribution is 5.92. The Kier molecular flexibility index (Phi) is 7.52. The molecule has 2 N–H and O–H groups in total. The van der Waals surface area contributed by atoms with Crippen LogP contribution in [0.2, 0.25) is 0 Å². The molecule has 2 rings (SSSR count). The maximum atomic E-state index is 12.2. The molecule has 23 heavy (non-hydrogen) atoms. The van der Waals surface area contributed by atoms with Crippen LogP contribution in [0.1, 0.15) is 26.3 Å². The molecule has 1 saturated heterocycles. The standard InChI is InChI=1S/C17H25N3O2.ClH/c1-4-20(13(3)21)11-14-6-5-7-16(8-14)19-17(22)12(2)15-9-18-10-15;/h5-8,12,15,18H,4,9-11H2,1-3H3,(H,19,22);1H. The van der Waals surface area contributed by atoms with E-state index in [1.165, 1.54) is 0 Å². The molecule has 1 aliphatic heterocycles. The van der Waals surface area contributed by atoms with Gasteiger partial charge in [0.2, 0.25) is 11.8 Å².